The van der Waals surface area contributed by atoms with Crippen LogP contribution in [0.3, 0.4) is 0 Å². The average molecular weight is 619 g/mol. The third kappa shape index (κ3) is 5.94. The number of unbranched alkanes of at least 4 members (excludes halogenated alkanes) is 1. The van der Waals surface area contributed by atoms with Crippen molar-refractivity contribution in [1.82, 2.24) is 10.1 Å². The van der Waals surface area contributed by atoms with Crippen molar-refractivity contribution in [1.29, 1.82) is 0 Å². The van der Waals surface area contributed by atoms with Crippen LogP contribution >= 0.6 is 0 Å². The highest BCUT2D eigenvalue weighted by Gasteiger charge is 2.49. The SMILES string of the molecule is CCCCC1=NC2(CCCC2)C(=O)N1Cc1ccc(-c2ccccc2S(=O)(=O)Nc2noc(C3CC3)c2C)c(COCC)c1. The Labute approximate surface area is 260 Å². The van der Waals surface area contributed by atoms with Crippen molar-refractivity contribution in [3.63, 3.8) is 0 Å². The minimum atomic E-state index is -3.99. The van der Waals surface area contributed by atoms with Gasteiger partial charge in [0.1, 0.15) is 17.1 Å². The predicted octanol–water partition coefficient (Wildman–Crippen LogP) is 7.11. The van der Waals surface area contributed by atoms with Crippen LogP contribution in [0.15, 0.2) is 56.9 Å². The summed E-state index contributed by atoms with van der Waals surface area (Å²) >= 11 is 0. The van der Waals surface area contributed by atoms with Crippen LogP contribution in [0, 0.1) is 6.92 Å². The minimum Gasteiger partial charge on any atom is -0.377 e. The first-order valence-corrected chi connectivity index (χ1v) is 17.4. The fraction of sp³-hybridized carbons (Fsp3) is 0.500. The zero-order valence-corrected chi connectivity index (χ0v) is 26.7. The molecule has 2 aliphatic carbocycles. The molecular weight excluding hydrogens is 576 g/mol. The number of carbonyl (C=O) groups excluding carboxylic acids is 1. The number of hydrogen-bond acceptors (Lipinski definition) is 7. The summed E-state index contributed by atoms with van der Waals surface area (Å²) < 4.78 is 41.5. The molecule has 3 aliphatic rings. The number of benzene rings is 2. The Kier molecular flexibility index (Phi) is 8.66. The van der Waals surface area contributed by atoms with E-state index in [4.69, 9.17) is 14.3 Å². The quantitative estimate of drug-likeness (QED) is 0.218. The molecule has 0 bridgehead atoms. The molecular formula is C34H42N4O5S. The van der Waals surface area contributed by atoms with Gasteiger partial charge in [-0.05, 0) is 68.7 Å². The Bertz CT molecular complexity index is 1670. The fourth-order valence-corrected chi connectivity index (χ4v) is 7.78. The number of anilines is 1. The van der Waals surface area contributed by atoms with E-state index in [9.17, 15) is 13.2 Å². The lowest BCUT2D eigenvalue weighted by molar-refractivity contribution is -0.131. The van der Waals surface area contributed by atoms with Crippen LogP contribution in [0.5, 0.6) is 0 Å². The molecule has 1 spiro atoms. The van der Waals surface area contributed by atoms with Gasteiger partial charge in [0.2, 0.25) is 0 Å². The average Bonchev–Trinajstić information content (AvgIpc) is 3.56. The molecule has 0 atom stereocenters. The van der Waals surface area contributed by atoms with Crippen LogP contribution < -0.4 is 4.72 Å². The van der Waals surface area contributed by atoms with E-state index in [0.29, 0.717) is 31.2 Å². The molecule has 9 nitrogen and oxygen atoms in total. The zero-order chi connectivity index (χ0) is 30.9. The third-order valence-corrected chi connectivity index (χ3v) is 10.5. The van der Waals surface area contributed by atoms with Gasteiger partial charge in [0, 0.05) is 30.1 Å². The number of hydrogen-bond donors (Lipinski definition) is 1. The van der Waals surface area contributed by atoms with Crippen LogP contribution in [-0.4, -0.2) is 42.4 Å². The van der Waals surface area contributed by atoms with Crippen molar-refractivity contribution in [2.24, 2.45) is 4.99 Å². The first-order valence-electron chi connectivity index (χ1n) is 15.9. The van der Waals surface area contributed by atoms with E-state index in [1.165, 1.54) is 0 Å². The van der Waals surface area contributed by atoms with Crippen LogP contribution in [0.25, 0.3) is 11.1 Å². The van der Waals surface area contributed by atoms with Gasteiger partial charge in [0.15, 0.2) is 5.82 Å². The summed E-state index contributed by atoms with van der Waals surface area (Å²) in [6.45, 7) is 7.17. The molecule has 2 fully saturated rings. The van der Waals surface area contributed by atoms with Crippen molar-refractivity contribution in [2.45, 2.75) is 108 Å². The van der Waals surface area contributed by atoms with E-state index in [2.05, 4.69) is 16.8 Å². The number of aromatic nitrogens is 1. The maximum absolute atomic E-state index is 13.8. The number of carbonyl (C=O) groups is 1. The van der Waals surface area contributed by atoms with Gasteiger partial charge in [-0.1, -0.05) is 67.7 Å². The summed E-state index contributed by atoms with van der Waals surface area (Å²) in [4.78, 5) is 20.8. The maximum atomic E-state index is 13.8. The van der Waals surface area contributed by atoms with Gasteiger partial charge in [-0.15, -0.1) is 0 Å². The Hall–Kier alpha value is -3.50. The second-order valence-corrected chi connectivity index (χ2v) is 13.9. The predicted molar refractivity (Wildman–Crippen MR) is 170 cm³/mol. The number of amidine groups is 1. The molecule has 6 rings (SSSR count). The van der Waals surface area contributed by atoms with E-state index in [1.807, 2.05) is 49.1 Å². The third-order valence-electron chi connectivity index (χ3n) is 9.06. The number of amides is 1. The first-order chi connectivity index (χ1) is 21.3. The number of nitrogens with zero attached hydrogens (tertiary/aromatic N) is 3. The van der Waals surface area contributed by atoms with Gasteiger partial charge in [0.05, 0.1) is 18.0 Å². The molecule has 0 saturated heterocycles. The fourth-order valence-electron chi connectivity index (χ4n) is 6.50. The Balaban J connectivity index is 1.31. The molecule has 44 heavy (non-hydrogen) atoms. The molecule has 1 amide bonds. The van der Waals surface area contributed by atoms with Crippen molar-refractivity contribution in [2.75, 3.05) is 11.3 Å². The highest BCUT2D eigenvalue weighted by atomic mass is 32.2. The number of aliphatic imine (C=N–C) groups is 1. The minimum absolute atomic E-state index is 0.118. The molecule has 0 unspecified atom stereocenters. The van der Waals surface area contributed by atoms with Crippen LogP contribution in [0.1, 0.15) is 100 Å². The van der Waals surface area contributed by atoms with Crippen molar-refractivity contribution in [3.8, 4) is 11.1 Å². The monoisotopic (exact) mass is 618 g/mol. The second-order valence-electron chi connectivity index (χ2n) is 12.3. The smallest absolute Gasteiger partial charge is 0.263 e. The van der Waals surface area contributed by atoms with Gasteiger partial charge in [-0.3, -0.25) is 19.4 Å². The zero-order valence-electron chi connectivity index (χ0n) is 25.9. The Morgan fingerprint density at radius 3 is 2.59 bits per heavy atom. The number of nitrogens with one attached hydrogen (secondary N) is 1. The van der Waals surface area contributed by atoms with Crippen LogP contribution in [0.2, 0.25) is 0 Å². The summed E-state index contributed by atoms with van der Waals surface area (Å²) in [6.07, 6.45) is 8.59. The van der Waals surface area contributed by atoms with Crippen LogP contribution in [0.4, 0.5) is 5.82 Å². The van der Waals surface area contributed by atoms with E-state index in [0.717, 1.165) is 91.6 Å². The Morgan fingerprint density at radius 1 is 1.09 bits per heavy atom. The molecule has 234 valence electrons. The van der Waals surface area contributed by atoms with Crippen LogP contribution in [-0.2, 0) is 32.7 Å². The van der Waals surface area contributed by atoms with E-state index in [1.54, 1.807) is 12.1 Å². The summed E-state index contributed by atoms with van der Waals surface area (Å²) in [5.74, 6) is 2.31. The van der Waals surface area contributed by atoms with Crippen molar-refractivity contribution >= 4 is 27.6 Å². The molecule has 2 heterocycles. The summed E-state index contributed by atoms with van der Waals surface area (Å²) in [6, 6.07) is 12.9. The lowest BCUT2D eigenvalue weighted by Gasteiger charge is -2.23. The molecule has 10 heteroatoms. The maximum Gasteiger partial charge on any atom is 0.263 e. The number of sulfonamides is 1. The first kappa shape index (κ1) is 30.5. The molecule has 2 saturated carbocycles. The summed E-state index contributed by atoms with van der Waals surface area (Å²) in [7, 11) is -3.99. The topological polar surface area (TPSA) is 114 Å². The highest BCUT2D eigenvalue weighted by Crippen LogP contribution is 2.44. The summed E-state index contributed by atoms with van der Waals surface area (Å²) in [5.41, 5.74) is 3.29. The summed E-state index contributed by atoms with van der Waals surface area (Å²) in [5, 5.41) is 4.04. The number of ether oxygens (including phenoxy) is 1. The molecule has 1 N–H and O–H groups in total. The molecule has 1 aliphatic heterocycles. The van der Waals surface area contributed by atoms with Gasteiger partial charge < -0.3 is 9.26 Å². The van der Waals surface area contributed by atoms with Crippen molar-refractivity contribution in [3.05, 3.63) is 64.9 Å². The second kappa shape index (κ2) is 12.5. The molecule has 1 aromatic heterocycles. The van der Waals surface area contributed by atoms with Crippen molar-refractivity contribution < 1.29 is 22.5 Å². The molecule has 2 aromatic carbocycles. The lowest BCUT2D eigenvalue weighted by atomic mass is 9.96. The highest BCUT2D eigenvalue weighted by molar-refractivity contribution is 7.92. The van der Waals surface area contributed by atoms with Gasteiger partial charge in [-0.25, -0.2) is 8.42 Å². The Morgan fingerprint density at radius 2 is 1.86 bits per heavy atom. The van der Waals surface area contributed by atoms with Gasteiger partial charge in [0.25, 0.3) is 15.9 Å². The van der Waals surface area contributed by atoms with E-state index in [-0.39, 0.29) is 16.6 Å². The number of rotatable bonds is 13. The largest absolute Gasteiger partial charge is 0.377 e. The molecule has 0 radical (unpaired) electrons. The standard InChI is InChI=1S/C34H42N4O5S/c1-4-6-13-30-35-34(18-9-10-19-34)33(39)38(30)21-24-14-17-27(26(20-24)22-42-5-2)28-11-7-8-12-29(28)44(40,41)37-32-23(3)31(43-36-32)25-15-16-25/h7-8,11-12,14,17,20,25H,4-6,9-10,13,15-16,18-19,21-22H2,1-3H3,(H,36,37). The van der Waals surface area contributed by atoms with Gasteiger partial charge in [-0.2, -0.15) is 0 Å². The lowest BCUT2D eigenvalue weighted by Crippen LogP contribution is -2.40. The normalized spacial score (nSPS) is 17.9. The van der Waals surface area contributed by atoms with E-state index < -0.39 is 15.6 Å². The molecule has 3 aromatic rings. The van der Waals surface area contributed by atoms with Gasteiger partial charge >= 0.3 is 0 Å². The van der Waals surface area contributed by atoms with E-state index >= 15 is 0 Å².